The summed E-state index contributed by atoms with van der Waals surface area (Å²) in [5.74, 6) is 1.29. The second kappa shape index (κ2) is 5.33. The number of nitrogens with one attached hydrogen (secondary N) is 1. The quantitative estimate of drug-likeness (QED) is 0.844. The fourth-order valence-electron chi connectivity index (χ4n) is 2.05. The second-order valence-corrected chi connectivity index (χ2v) is 6.34. The van der Waals surface area contributed by atoms with Crippen molar-refractivity contribution >= 4 is 29.1 Å². The molecule has 1 nitrogen and oxygen atoms in total. The van der Waals surface area contributed by atoms with Crippen LogP contribution in [0.25, 0.3) is 0 Å². The minimum atomic E-state index is 0.555. The maximum Gasteiger partial charge on any atom is 0.0640 e. The predicted molar refractivity (Wildman–Crippen MR) is 74.8 cm³/mol. The fourth-order valence-corrected chi connectivity index (χ4v) is 3.48. The monoisotopic (exact) mass is 255 g/mol. The van der Waals surface area contributed by atoms with Gasteiger partial charge in [-0.25, -0.2) is 0 Å². The van der Waals surface area contributed by atoms with Gasteiger partial charge in [0.05, 0.1) is 10.7 Å². The maximum atomic E-state index is 6.23. The van der Waals surface area contributed by atoms with Crippen molar-refractivity contribution in [2.24, 2.45) is 0 Å². The number of aryl methyl sites for hydroxylation is 1. The zero-order chi connectivity index (χ0) is 11.5. The Hall–Kier alpha value is -0.340. The first-order chi connectivity index (χ1) is 7.66. The zero-order valence-electron chi connectivity index (χ0n) is 9.79. The molecule has 1 N–H and O–H groups in total. The zero-order valence-corrected chi connectivity index (χ0v) is 11.4. The summed E-state index contributed by atoms with van der Waals surface area (Å²) < 4.78 is 0. The van der Waals surface area contributed by atoms with E-state index >= 15 is 0 Å². The number of halogens is 1. The van der Waals surface area contributed by atoms with Gasteiger partial charge in [-0.1, -0.05) is 24.6 Å². The van der Waals surface area contributed by atoms with Crippen LogP contribution in [0.1, 0.15) is 25.3 Å². The van der Waals surface area contributed by atoms with Crippen LogP contribution in [0.5, 0.6) is 0 Å². The second-order valence-electron chi connectivity index (χ2n) is 4.45. The van der Waals surface area contributed by atoms with Crippen LogP contribution < -0.4 is 5.32 Å². The van der Waals surface area contributed by atoms with E-state index in [1.54, 1.807) is 0 Å². The molecule has 0 aromatic heterocycles. The third kappa shape index (κ3) is 2.86. The molecule has 88 valence electrons. The normalized spacial score (nSPS) is 25.4. The highest BCUT2D eigenvalue weighted by molar-refractivity contribution is 8.00. The van der Waals surface area contributed by atoms with E-state index in [1.807, 2.05) is 17.8 Å². The van der Waals surface area contributed by atoms with Gasteiger partial charge in [0.2, 0.25) is 0 Å². The van der Waals surface area contributed by atoms with Crippen molar-refractivity contribution < 1.29 is 0 Å². The van der Waals surface area contributed by atoms with Crippen LogP contribution in [0.2, 0.25) is 5.02 Å². The van der Waals surface area contributed by atoms with Gasteiger partial charge in [-0.15, -0.1) is 0 Å². The minimum Gasteiger partial charge on any atom is -0.380 e. The lowest BCUT2D eigenvalue weighted by Crippen LogP contribution is -2.32. The topological polar surface area (TPSA) is 12.0 Å². The summed E-state index contributed by atoms with van der Waals surface area (Å²) in [5, 5.41) is 5.08. The lowest BCUT2D eigenvalue weighted by molar-refractivity contribution is 0.617. The minimum absolute atomic E-state index is 0.555. The van der Waals surface area contributed by atoms with E-state index in [9.17, 15) is 0 Å². The molecule has 16 heavy (non-hydrogen) atoms. The first kappa shape index (κ1) is 12.1. The van der Waals surface area contributed by atoms with Crippen molar-refractivity contribution in [1.82, 2.24) is 0 Å². The van der Waals surface area contributed by atoms with E-state index in [4.69, 9.17) is 11.6 Å². The molecular weight excluding hydrogens is 238 g/mol. The molecule has 1 aromatic rings. The van der Waals surface area contributed by atoms with Gasteiger partial charge >= 0.3 is 0 Å². The molecule has 0 bridgehead atoms. The van der Waals surface area contributed by atoms with Crippen molar-refractivity contribution in [3.05, 3.63) is 28.8 Å². The summed E-state index contributed by atoms with van der Waals surface area (Å²) in [6.07, 6.45) is 2.55. The van der Waals surface area contributed by atoms with E-state index in [0.717, 1.165) is 10.7 Å². The van der Waals surface area contributed by atoms with Gasteiger partial charge < -0.3 is 5.32 Å². The molecule has 2 unspecified atom stereocenters. The molecule has 0 spiro atoms. The van der Waals surface area contributed by atoms with Crippen LogP contribution in [-0.4, -0.2) is 17.0 Å². The van der Waals surface area contributed by atoms with Gasteiger partial charge in [0.1, 0.15) is 0 Å². The summed E-state index contributed by atoms with van der Waals surface area (Å²) in [4.78, 5) is 0. The Kier molecular flexibility index (Phi) is 4.04. The molecule has 2 rings (SSSR count). The molecule has 0 radical (unpaired) electrons. The van der Waals surface area contributed by atoms with Crippen LogP contribution in [0.3, 0.4) is 0 Å². The first-order valence-corrected chi connectivity index (χ1v) is 7.24. The number of hydrogen-bond acceptors (Lipinski definition) is 2. The standard InChI is InChI=1S/C13H18ClNS/c1-9-5-6-13(11(14)8-9)15-12-4-3-7-16-10(12)2/h5-6,8,10,12,15H,3-4,7H2,1-2H3. The smallest absolute Gasteiger partial charge is 0.0640 e. The summed E-state index contributed by atoms with van der Waals surface area (Å²) in [5.41, 5.74) is 2.29. The molecular formula is C13H18ClNS. The molecule has 1 aromatic carbocycles. The van der Waals surface area contributed by atoms with Crippen LogP contribution in [0.15, 0.2) is 18.2 Å². The fraction of sp³-hybridized carbons (Fsp3) is 0.538. The average molecular weight is 256 g/mol. The SMILES string of the molecule is Cc1ccc(NC2CCCSC2C)c(Cl)c1. The average Bonchev–Trinajstić information content (AvgIpc) is 2.25. The number of thioether (sulfide) groups is 1. The molecule has 3 heteroatoms. The van der Waals surface area contributed by atoms with Crippen LogP contribution in [0.4, 0.5) is 5.69 Å². The highest BCUT2D eigenvalue weighted by Gasteiger charge is 2.21. The third-order valence-corrected chi connectivity index (χ3v) is 4.76. The lowest BCUT2D eigenvalue weighted by atomic mass is 10.1. The number of hydrogen-bond donors (Lipinski definition) is 1. The Labute approximate surface area is 107 Å². The molecule has 1 heterocycles. The van der Waals surface area contributed by atoms with Gasteiger partial charge in [0.15, 0.2) is 0 Å². The Morgan fingerprint density at radius 2 is 2.25 bits per heavy atom. The molecule has 1 aliphatic heterocycles. The summed E-state index contributed by atoms with van der Waals surface area (Å²) in [6.45, 7) is 4.36. The van der Waals surface area contributed by atoms with Crippen LogP contribution >= 0.6 is 23.4 Å². The van der Waals surface area contributed by atoms with Crippen LogP contribution in [-0.2, 0) is 0 Å². The van der Waals surface area contributed by atoms with Crippen molar-refractivity contribution in [2.75, 3.05) is 11.1 Å². The van der Waals surface area contributed by atoms with Gasteiger partial charge in [-0.05, 0) is 43.2 Å². The van der Waals surface area contributed by atoms with Crippen molar-refractivity contribution in [3.63, 3.8) is 0 Å². The van der Waals surface area contributed by atoms with E-state index in [2.05, 4.69) is 31.3 Å². The van der Waals surface area contributed by atoms with Gasteiger partial charge in [0, 0.05) is 11.3 Å². The van der Waals surface area contributed by atoms with E-state index in [0.29, 0.717) is 11.3 Å². The Balaban J connectivity index is 2.07. The summed E-state index contributed by atoms with van der Waals surface area (Å²) in [6, 6.07) is 6.77. The highest BCUT2D eigenvalue weighted by atomic mass is 35.5. The number of rotatable bonds is 2. The first-order valence-electron chi connectivity index (χ1n) is 5.81. The van der Waals surface area contributed by atoms with Crippen molar-refractivity contribution in [2.45, 2.75) is 38.0 Å². The lowest BCUT2D eigenvalue weighted by Gasteiger charge is -2.30. The van der Waals surface area contributed by atoms with Crippen molar-refractivity contribution in [3.8, 4) is 0 Å². The molecule has 2 atom stereocenters. The van der Waals surface area contributed by atoms with E-state index in [1.165, 1.54) is 24.2 Å². The molecule has 0 aliphatic carbocycles. The van der Waals surface area contributed by atoms with Gasteiger partial charge in [-0.2, -0.15) is 11.8 Å². The van der Waals surface area contributed by atoms with E-state index < -0.39 is 0 Å². The summed E-state index contributed by atoms with van der Waals surface area (Å²) >= 11 is 8.28. The molecule has 1 saturated heterocycles. The molecule has 1 aliphatic rings. The van der Waals surface area contributed by atoms with Gasteiger partial charge in [-0.3, -0.25) is 0 Å². The summed E-state index contributed by atoms with van der Waals surface area (Å²) in [7, 11) is 0. The predicted octanol–water partition coefficient (Wildman–Crippen LogP) is 4.34. The Morgan fingerprint density at radius 1 is 1.44 bits per heavy atom. The molecule has 0 amide bonds. The van der Waals surface area contributed by atoms with Crippen molar-refractivity contribution in [1.29, 1.82) is 0 Å². The Morgan fingerprint density at radius 3 is 2.94 bits per heavy atom. The highest BCUT2D eigenvalue weighted by Crippen LogP contribution is 2.30. The number of anilines is 1. The molecule has 0 saturated carbocycles. The van der Waals surface area contributed by atoms with Crippen LogP contribution in [0, 0.1) is 6.92 Å². The largest absolute Gasteiger partial charge is 0.380 e. The molecule has 1 fully saturated rings. The number of benzene rings is 1. The van der Waals surface area contributed by atoms with E-state index in [-0.39, 0.29) is 0 Å². The van der Waals surface area contributed by atoms with Gasteiger partial charge in [0.25, 0.3) is 0 Å². The maximum absolute atomic E-state index is 6.23. The Bertz CT molecular complexity index is 367. The third-order valence-electron chi connectivity index (χ3n) is 3.07.